The molecule has 8 heteroatoms. The van der Waals surface area contributed by atoms with Gasteiger partial charge in [0.15, 0.2) is 11.0 Å². The molecule has 2 aliphatic heterocycles. The molecule has 1 unspecified atom stereocenters. The lowest BCUT2D eigenvalue weighted by Gasteiger charge is -2.34. The van der Waals surface area contributed by atoms with E-state index in [1.165, 1.54) is 11.0 Å². The van der Waals surface area contributed by atoms with Crippen molar-refractivity contribution in [1.82, 2.24) is 4.90 Å². The normalized spacial score (nSPS) is 18.2. The van der Waals surface area contributed by atoms with Crippen LogP contribution in [0, 0.1) is 0 Å². The van der Waals surface area contributed by atoms with Crippen molar-refractivity contribution in [2.75, 3.05) is 11.4 Å². The number of rotatable bonds is 5. The fourth-order valence-electron chi connectivity index (χ4n) is 5.51. The molecule has 6 rings (SSSR count). The van der Waals surface area contributed by atoms with Gasteiger partial charge in [0.1, 0.15) is 5.58 Å². The van der Waals surface area contributed by atoms with Gasteiger partial charge in [0.2, 0.25) is 5.76 Å². The van der Waals surface area contributed by atoms with Gasteiger partial charge >= 0.3 is 0 Å². The predicted octanol–water partition coefficient (Wildman–Crippen LogP) is 6.15. The van der Waals surface area contributed by atoms with E-state index >= 15 is 0 Å². The number of amides is 2. The molecule has 4 aromatic rings. The number of carbonyl (C=O) groups is 2. The summed E-state index contributed by atoms with van der Waals surface area (Å²) in [5, 5.41) is 1.19. The van der Waals surface area contributed by atoms with Crippen molar-refractivity contribution in [1.29, 1.82) is 0 Å². The van der Waals surface area contributed by atoms with E-state index in [1.807, 2.05) is 43.3 Å². The van der Waals surface area contributed by atoms with Crippen LogP contribution in [0.4, 0.5) is 5.69 Å². The van der Waals surface area contributed by atoms with Crippen molar-refractivity contribution in [3.63, 3.8) is 0 Å². The minimum Gasteiger partial charge on any atom is -0.450 e. The summed E-state index contributed by atoms with van der Waals surface area (Å²) in [7, 11) is 0. The monoisotopic (exact) mass is 532 g/mol. The Bertz CT molecular complexity index is 1650. The number of hydrogen-bond donors (Lipinski definition) is 0. The molecule has 6 nitrogen and oxygen atoms in total. The van der Waals surface area contributed by atoms with Crippen molar-refractivity contribution in [3.8, 4) is 0 Å². The molecule has 1 aromatic heterocycles. The molecule has 3 heterocycles. The highest BCUT2D eigenvalue weighted by Gasteiger charge is 2.64. The summed E-state index contributed by atoms with van der Waals surface area (Å²) < 4.78 is 6.04. The average Bonchev–Trinajstić information content (AvgIpc) is 3.29. The molecule has 1 atom stereocenters. The SMILES string of the molecule is CCCCN1C(=O)c2oc3ccc(Cl)cc3c(=O)c2C12C(=O)N(Cc1ccc(Cl)cc1)c1ccccc12. The van der Waals surface area contributed by atoms with E-state index in [1.54, 1.807) is 29.2 Å². The molecule has 2 amide bonds. The number of anilines is 1. The minimum atomic E-state index is -1.62. The molecule has 0 aliphatic carbocycles. The van der Waals surface area contributed by atoms with Gasteiger partial charge in [-0.1, -0.05) is 66.9 Å². The molecule has 0 bridgehead atoms. The number of para-hydroxylation sites is 1. The number of benzene rings is 3. The van der Waals surface area contributed by atoms with Crippen molar-refractivity contribution < 1.29 is 14.0 Å². The molecular formula is C29H22Cl2N2O4. The molecule has 186 valence electrons. The van der Waals surface area contributed by atoms with Gasteiger partial charge in [-0.3, -0.25) is 14.4 Å². The lowest BCUT2D eigenvalue weighted by Crippen LogP contribution is -2.53. The fraction of sp³-hybridized carbons (Fsp3) is 0.207. The molecular weight excluding hydrogens is 511 g/mol. The van der Waals surface area contributed by atoms with Gasteiger partial charge in [0.25, 0.3) is 11.8 Å². The van der Waals surface area contributed by atoms with E-state index in [2.05, 4.69) is 0 Å². The second kappa shape index (κ2) is 8.75. The third-order valence-corrected chi connectivity index (χ3v) is 7.67. The number of hydrogen-bond acceptors (Lipinski definition) is 4. The number of carbonyl (C=O) groups excluding carboxylic acids is 2. The van der Waals surface area contributed by atoms with Gasteiger partial charge in [0, 0.05) is 22.2 Å². The van der Waals surface area contributed by atoms with Crippen LogP contribution < -0.4 is 10.3 Å². The van der Waals surface area contributed by atoms with Crippen molar-refractivity contribution in [3.05, 3.63) is 109 Å². The lowest BCUT2D eigenvalue weighted by atomic mass is 9.84. The van der Waals surface area contributed by atoms with Crippen LogP contribution in [0.25, 0.3) is 11.0 Å². The third-order valence-electron chi connectivity index (χ3n) is 7.19. The van der Waals surface area contributed by atoms with Gasteiger partial charge in [-0.25, -0.2) is 0 Å². The Morgan fingerprint density at radius 3 is 2.41 bits per heavy atom. The Morgan fingerprint density at radius 2 is 1.65 bits per heavy atom. The van der Waals surface area contributed by atoms with Gasteiger partial charge in [-0.05, 0) is 48.4 Å². The average molecular weight is 533 g/mol. The standard InChI is InChI=1S/C29H22Cl2N2O4/c1-2-3-14-33-27(35)26-24(25(34)20-15-19(31)12-13-23(20)37-26)29(33)21-6-4-5-7-22(21)32(28(29)36)16-17-8-10-18(30)11-9-17/h4-13,15H,2-3,14,16H2,1H3. The zero-order chi connectivity index (χ0) is 25.9. The highest BCUT2D eigenvalue weighted by molar-refractivity contribution is 6.31. The van der Waals surface area contributed by atoms with Crippen molar-refractivity contribution >= 4 is 51.7 Å². The number of unbranched alkanes of at least 4 members (excludes halogenated alkanes) is 1. The third kappa shape index (κ3) is 3.36. The van der Waals surface area contributed by atoms with Gasteiger partial charge in [-0.2, -0.15) is 0 Å². The molecule has 0 saturated carbocycles. The van der Waals surface area contributed by atoms with E-state index in [4.69, 9.17) is 27.6 Å². The van der Waals surface area contributed by atoms with Crippen LogP contribution in [0.5, 0.6) is 0 Å². The number of fused-ring (bicyclic) bond motifs is 5. The second-order valence-electron chi connectivity index (χ2n) is 9.33. The van der Waals surface area contributed by atoms with Crippen LogP contribution in [0.2, 0.25) is 10.0 Å². The topological polar surface area (TPSA) is 70.8 Å². The molecule has 0 N–H and O–H groups in total. The number of halogens is 2. The highest BCUT2D eigenvalue weighted by atomic mass is 35.5. The van der Waals surface area contributed by atoms with Gasteiger partial charge in [0.05, 0.1) is 23.2 Å². The largest absolute Gasteiger partial charge is 0.450 e. The minimum absolute atomic E-state index is 0.0550. The van der Waals surface area contributed by atoms with E-state index in [0.29, 0.717) is 34.3 Å². The lowest BCUT2D eigenvalue weighted by molar-refractivity contribution is -0.126. The first-order chi connectivity index (χ1) is 17.9. The maximum Gasteiger partial charge on any atom is 0.291 e. The molecule has 1 spiro atoms. The summed E-state index contributed by atoms with van der Waals surface area (Å²) in [5.41, 5.74) is 0.363. The van der Waals surface area contributed by atoms with Crippen molar-refractivity contribution in [2.45, 2.75) is 31.8 Å². The van der Waals surface area contributed by atoms with E-state index < -0.39 is 16.9 Å². The van der Waals surface area contributed by atoms with Crippen LogP contribution in [0.1, 0.15) is 47.0 Å². The Balaban J connectivity index is 1.64. The Kier molecular flexibility index (Phi) is 5.62. The summed E-state index contributed by atoms with van der Waals surface area (Å²) in [6, 6.07) is 19.3. The Labute approximate surface area is 223 Å². The first-order valence-electron chi connectivity index (χ1n) is 12.1. The molecule has 0 radical (unpaired) electrons. The first kappa shape index (κ1) is 23.8. The summed E-state index contributed by atoms with van der Waals surface area (Å²) in [5.74, 6) is -0.915. The predicted molar refractivity (Wildman–Crippen MR) is 143 cm³/mol. The molecule has 2 aliphatic rings. The fourth-order valence-corrected chi connectivity index (χ4v) is 5.81. The zero-order valence-corrected chi connectivity index (χ0v) is 21.5. The summed E-state index contributed by atoms with van der Waals surface area (Å²) in [4.78, 5) is 45.7. The Hall–Kier alpha value is -3.61. The quantitative estimate of drug-likeness (QED) is 0.309. The first-order valence-corrected chi connectivity index (χ1v) is 12.9. The molecule has 37 heavy (non-hydrogen) atoms. The van der Waals surface area contributed by atoms with E-state index in [-0.39, 0.29) is 34.7 Å². The zero-order valence-electron chi connectivity index (χ0n) is 20.0. The molecule has 3 aromatic carbocycles. The maximum absolute atomic E-state index is 14.6. The second-order valence-corrected chi connectivity index (χ2v) is 10.2. The van der Waals surface area contributed by atoms with Gasteiger partial charge in [-0.15, -0.1) is 0 Å². The Morgan fingerprint density at radius 1 is 0.919 bits per heavy atom. The van der Waals surface area contributed by atoms with Crippen LogP contribution in [-0.2, 0) is 16.9 Å². The summed E-state index contributed by atoms with van der Waals surface area (Å²) in [6.07, 6.45) is 1.47. The van der Waals surface area contributed by atoms with E-state index in [0.717, 1.165) is 12.0 Å². The summed E-state index contributed by atoms with van der Waals surface area (Å²) in [6.45, 7) is 2.56. The van der Waals surface area contributed by atoms with Crippen LogP contribution in [0.15, 0.2) is 75.9 Å². The summed E-state index contributed by atoms with van der Waals surface area (Å²) >= 11 is 12.3. The van der Waals surface area contributed by atoms with Crippen LogP contribution in [-0.4, -0.2) is 23.3 Å². The smallest absolute Gasteiger partial charge is 0.291 e. The number of nitrogens with zero attached hydrogens (tertiary/aromatic N) is 2. The van der Waals surface area contributed by atoms with Crippen LogP contribution in [0.3, 0.4) is 0 Å². The van der Waals surface area contributed by atoms with Crippen molar-refractivity contribution in [2.24, 2.45) is 0 Å². The maximum atomic E-state index is 14.6. The molecule has 0 saturated heterocycles. The van der Waals surface area contributed by atoms with E-state index in [9.17, 15) is 14.4 Å². The molecule has 0 fully saturated rings. The van der Waals surface area contributed by atoms with Crippen LogP contribution >= 0.6 is 23.2 Å². The van der Waals surface area contributed by atoms with Gasteiger partial charge < -0.3 is 14.2 Å². The highest BCUT2D eigenvalue weighted by Crippen LogP contribution is 2.53.